The summed E-state index contributed by atoms with van der Waals surface area (Å²) < 4.78 is 1.05. The Morgan fingerprint density at radius 1 is 1.14 bits per heavy atom. The van der Waals surface area contributed by atoms with Crippen LogP contribution >= 0.6 is 27.5 Å². The Morgan fingerprint density at radius 3 is 2.67 bits per heavy atom. The van der Waals surface area contributed by atoms with Crippen LogP contribution in [0.25, 0.3) is 0 Å². The molecule has 112 valence electrons. The van der Waals surface area contributed by atoms with Crippen LogP contribution in [0.4, 0.5) is 0 Å². The first-order valence-corrected chi connectivity index (χ1v) is 8.60. The minimum absolute atomic E-state index is 0.122. The van der Waals surface area contributed by atoms with Gasteiger partial charge in [0.15, 0.2) is 0 Å². The third kappa shape index (κ3) is 4.32. The van der Waals surface area contributed by atoms with E-state index in [1.165, 1.54) is 11.1 Å². The number of halogens is 2. The van der Waals surface area contributed by atoms with E-state index in [1.807, 2.05) is 12.1 Å². The molecule has 2 aromatic rings. The summed E-state index contributed by atoms with van der Waals surface area (Å²) in [6.45, 7) is 5.22. The number of aryl methyl sites for hydroxylation is 1. The maximum Gasteiger partial charge on any atom is 0.0591 e. The van der Waals surface area contributed by atoms with Crippen LogP contribution in [0.2, 0.25) is 5.02 Å². The van der Waals surface area contributed by atoms with Gasteiger partial charge in [-0.15, -0.1) is 0 Å². The van der Waals surface area contributed by atoms with Crippen LogP contribution in [-0.4, -0.2) is 6.54 Å². The van der Waals surface area contributed by atoms with E-state index in [2.05, 4.69) is 65.4 Å². The molecule has 0 amide bonds. The van der Waals surface area contributed by atoms with Crippen LogP contribution in [-0.2, 0) is 6.42 Å². The average Bonchev–Trinajstić information content (AvgIpc) is 2.48. The molecule has 21 heavy (non-hydrogen) atoms. The van der Waals surface area contributed by atoms with Crippen molar-refractivity contribution < 1.29 is 0 Å². The fourth-order valence-corrected chi connectivity index (χ4v) is 3.17. The summed E-state index contributed by atoms with van der Waals surface area (Å²) >= 11 is 9.96. The Morgan fingerprint density at radius 2 is 1.95 bits per heavy atom. The van der Waals surface area contributed by atoms with Gasteiger partial charge in [0.05, 0.1) is 6.04 Å². The van der Waals surface area contributed by atoms with Gasteiger partial charge in [-0.25, -0.2) is 0 Å². The molecule has 0 saturated carbocycles. The minimum Gasteiger partial charge on any atom is -0.306 e. The highest BCUT2D eigenvalue weighted by Crippen LogP contribution is 2.31. The molecule has 0 bridgehead atoms. The number of hydrogen-bond acceptors (Lipinski definition) is 1. The summed E-state index contributed by atoms with van der Waals surface area (Å²) in [6, 6.07) is 14.9. The second-order valence-corrected chi connectivity index (χ2v) is 6.47. The lowest BCUT2D eigenvalue weighted by Gasteiger charge is -2.21. The molecule has 1 atom stereocenters. The molecule has 0 aliphatic rings. The van der Waals surface area contributed by atoms with Gasteiger partial charge in [0, 0.05) is 9.50 Å². The van der Waals surface area contributed by atoms with E-state index in [0.29, 0.717) is 0 Å². The molecule has 0 saturated heterocycles. The Labute approximate surface area is 140 Å². The largest absolute Gasteiger partial charge is 0.306 e. The third-order valence-corrected chi connectivity index (χ3v) is 4.34. The van der Waals surface area contributed by atoms with Gasteiger partial charge in [0.25, 0.3) is 0 Å². The summed E-state index contributed by atoms with van der Waals surface area (Å²) in [4.78, 5) is 0. The molecule has 2 rings (SSSR count). The maximum absolute atomic E-state index is 6.42. The van der Waals surface area contributed by atoms with Crippen LogP contribution < -0.4 is 5.32 Å². The predicted molar refractivity (Wildman–Crippen MR) is 95.1 cm³/mol. The van der Waals surface area contributed by atoms with Gasteiger partial charge in [0.1, 0.15) is 0 Å². The van der Waals surface area contributed by atoms with E-state index in [9.17, 15) is 0 Å². The number of nitrogens with one attached hydrogen (secondary N) is 1. The van der Waals surface area contributed by atoms with Gasteiger partial charge in [-0.2, -0.15) is 0 Å². The molecule has 0 aliphatic carbocycles. The molecule has 0 spiro atoms. The van der Waals surface area contributed by atoms with Crippen molar-refractivity contribution in [3.8, 4) is 0 Å². The monoisotopic (exact) mass is 365 g/mol. The fourth-order valence-electron chi connectivity index (χ4n) is 2.56. The van der Waals surface area contributed by atoms with Crippen LogP contribution in [0.15, 0.2) is 46.9 Å². The Kier molecular flexibility index (Phi) is 6.28. The molecule has 0 aromatic heterocycles. The Bertz CT molecular complexity index is 598. The van der Waals surface area contributed by atoms with Gasteiger partial charge in [0.2, 0.25) is 0 Å². The highest BCUT2D eigenvalue weighted by Gasteiger charge is 2.16. The molecule has 0 heterocycles. The average molecular weight is 367 g/mol. The van der Waals surface area contributed by atoms with E-state index < -0.39 is 0 Å². The summed E-state index contributed by atoms with van der Waals surface area (Å²) in [5, 5.41) is 4.34. The van der Waals surface area contributed by atoms with Crippen molar-refractivity contribution in [3.63, 3.8) is 0 Å². The van der Waals surface area contributed by atoms with Crippen molar-refractivity contribution in [2.24, 2.45) is 0 Å². The first-order chi connectivity index (χ1) is 10.2. The third-order valence-electron chi connectivity index (χ3n) is 3.50. The van der Waals surface area contributed by atoms with Crippen molar-refractivity contribution >= 4 is 27.5 Å². The van der Waals surface area contributed by atoms with E-state index in [0.717, 1.165) is 34.4 Å². The first kappa shape index (κ1) is 16.5. The molecule has 0 aliphatic heterocycles. The highest BCUT2D eigenvalue weighted by atomic mass is 79.9. The Hall–Kier alpha value is -0.830. The van der Waals surface area contributed by atoms with E-state index in [1.54, 1.807) is 0 Å². The molecule has 1 unspecified atom stereocenters. The highest BCUT2D eigenvalue weighted by molar-refractivity contribution is 9.10. The summed E-state index contributed by atoms with van der Waals surface area (Å²) in [5.74, 6) is 0. The number of benzene rings is 2. The first-order valence-electron chi connectivity index (χ1n) is 7.42. The van der Waals surface area contributed by atoms with Gasteiger partial charge in [-0.3, -0.25) is 0 Å². The SMILES string of the molecule is CCCc1cccc(C(NCC)c2cc(Br)ccc2Cl)c1. The van der Waals surface area contributed by atoms with Crippen LogP contribution in [0.3, 0.4) is 0 Å². The number of hydrogen-bond donors (Lipinski definition) is 1. The van der Waals surface area contributed by atoms with Gasteiger partial charge >= 0.3 is 0 Å². The summed E-state index contributed by atoms with van der Waals surface area (Å²) in [6.07, 6.45) is 2.27. The lowest BCUT2D eigenvalue weighted by molar-refractivity contribution is 0.629. The smallest absolute Gasteiger partial charge is 0.0591 e. The van der Waals surface area contributed by atoms with Crippen molar-refractivity contribution in [3.05, 3.63) is 68.7 Å². The van der Waals surface area contributed by atoms with Crippen molar-refractivity contribution in [1.82, 2.24) is 5.32 Å². The van der Waals surface area contributed by atoms with Gasteiger partial charge < -0.3 is 5.32 Å². The molecule has 3 heteroatoms. The summed E-state index contributed by atoms with van der Waals surface area (Å²) in [7, 11) is 0. The molecule has 2 aromatic carbocycles. The van der Waals surface area contributed by atoms with E-state index >= 15 is 0 Å². The van der Waals surface area contributed by atoms with Crippen molar-refractivity contribution in [1.29, 1.82) is 0 Å². The van der Waals surface area contributed by atoms with Gasteiger partial charge in [-0.1, -0.05) is 72.1 Å². The lowest BCUT2D eigenvalue weighted by atomic mass is 9.96. The zero-order chi connectivity index (χ0) is 15.2. The molecule has 1 N–H and O–H groups in total. The second kappa shape index (κ2) is 7.98. The van der Waals surface area contributed by atoms with Crippen LogP contribution in [0, 0.1) is 0 Å². The standard InChI is InChI=1S/C18H21BrClN/c1-3-6-13-7-5-8-14(11-13)18(21-4-2)16-12-15(19)9-10-17(16)20/h5,7-12,18,21H,3-4,6H2,1-2H3. The molecular formula is C18H21BrClN. The number of rotatable bonds is 6. The second-order valence-electron chi connectivity index (χ2n) is 5.15. The zero-order valence-electron chi connectivity index (χ0n) is 12.5. The predicted octanol–water partition coefficient (Wildman–Crippen LogP) is 5.75. The van der Waals surface area contributed by atoms with E-state index in [4.69, 9.17) is 11.6 Å². The van der Waals surface area contributed by atoms with Crippen LogP contribution in [0.5, 0.6) is 0 Å². The lowest BCUT2D eigenvalue weighted by Crippen LogP contribution is -2.22. The van der Waals surface area contributed by atoms with Crippen LogP contribution in [0.1, 0.15) is 43.0 Å². The normalized spacial score (nSPS) is 12.4. The topological polar surface area (TPSA) is 12.0 Å². The van der Waals surface area contributed by atoms with E-state index in [-0.39, 0.29) is 6.04 Å². The van der Waals surface area contributed by atoms with Crippen molar-refractivity contribution in [2.45, 2.75) is 32.7 Å². The quantitative estimate of drug-likeness (QED) is 0.686. The maximum atomic E-state index is 6.42. The summed E-state index contributed by atoms with van der Waals surface area (Å²) in [5.41, 5.74) is 3.76. The molecule has 1 nitrogen and oxygen atoms in total. The zero-order valence-corrected chi connectivity index (χ0v) is 14.8. The van der Waals surface area contributed by atoms with Gasteiger partial charge in [-0.05, 0) is 47.9 Å². The molecule has 0 radical (unpaired) electrons. The molecule has 0 fully saturated rings. The van der Waals surface area contributed by atoms with Crippen molar-refractivity contribution in [2.75, 3.05) is 6.54 Å². The Balaban J connectivity index is 2.42. The fraction of sp³-hybridized carbons (Fsp3) is 0.333. The minimum atomic E-state index is 0.122. The molecular weight excluding hydrogens is 346 g/mol.